The van der Waals surface area contributed by atoms with Gasteiger partial charge < -0.3 is 17.3 Å². The molecule has 6 heteroatoms. The average Bonchev–Trinajstić information content (AvgIpc) is 2.50. The zero-order chi connectivity index (χ0) is 15.3. The summed E-state index contributed by atoms with van der Waals surface area (Å²) >= 11 is 0. The van der Waals surface area contributed by atoms with Crippen LogP contribution in [0.5, 0.6) is 0 Å². The molecular weight excluding hydrogens is 382 g/mol. The molecule has 0 nitrogen and oxygen atoms in total. The Labute approximate surface area is 142 Å². The van der Waals surface area contributed by atoms with Crippen LogP contribution >= 0.6 is 0 Å². The third-order valence-electron chi connectivity index (χ3n) is 4.09. The smallest absolute Gasteiger partial charge is 0.418 e. The Kier molecular flexibility index (Phi) is 7.82. The van der Waals surface area contributed by atoms with Crippen LogP contribution in [0.15, 0.2) is 48.6 Å². The minimum Gasteiger partial charge on any atom is -0.418 e. The van der Waals surface area contributed by atoms with E-state index >= 15 is 0 Å². The molecule has 0 amide bonds. The van der Waals surface area contributed by atoms with E-state index in [2.05, 4.69) is 48.6 Å². The fraction of sp³-hybridized carbons (Fsp3) is 0.500. The minimum absolute atomic E-state index is 0. The Morgan fingerprint density at radius 2 is 0.636 bits per heavy atom. The van der Waals surface area contributed by atoms with Crippen molar-refractivity contribution in [3.63, 3.8) is 0 Å². The van der Waals surface area contributed by atoms with E-state index in [1.165, 1.54) is 25.7 Å². The van der Waals surface area contributed by atoms with Crippen molar-refractivity contribution >= 4 is 7.25 Å². The van der Waals surface area contributed by atoms with E-state index in [4.69, 9.17) is 0 Å². The summed E-state index contributed by atoms with van der Waals surface area (Å²) in [6.45, 7) is 0. The van der Waals surface area contributed by atoms with Gasteiger partial charge in [0.25, 0.3) is 0 Å². The van der Waals surface area contributed by atoms with Crippen molar-refractivity contribution < 1.29 is 36.7 Å². The van der Waals surface area contributed by atoms with Crippen LogP contribution in [0.2, 0.25) is 0 Å². The molecule has 0 aromatic rings. The molecule has 0 unspecified atom stereocenters. The molecule has 0 N–H and O–H groups in total. The van der Waals surface area contributed by atoms with Gasteiger partial charge in [-0.25, -0.2) is 0 Å². The zero-order valence-corrected chi connectivity index (χ0v) is 13.8. The molecule has 125 valence electrons. The normalized spacial score (nSPS) is 32.5. The molecular formula is C16H20BF4Rh-. The Hall–Kier alpha value is -0.632. The molecule has 0 saturated carbocycles. The molecule has 0 aromatic heterocycles. The van der Waals surface area contributed by atoms with E-state index in [0.717, 1.165) is 23.7 Å². The third kappa shape index (κ3) is 7.58. The van der Waals surface area contributed by atoms with Crippen LogP contribution in [0.4, 0.5) is 17.3 Å². The molecule has 0 spiro atoms. The summed E-state index contributed by atoms with van der Waals surface area (Å²) in [6, 6.07) is 0. The zero-order valence-electron chi connectivity index (χ0n) is 12.2. The molecule has 22 heavy (non-hydrogen) atoms. The first-order chi connectivity index (χ1) is 9.90. The summed E-state index contributed by atoms with van der Waals surface area (Å²) in [4.78, 5) is 0. The SMILES string of the molecule is C1=CC2C=CC1CC2.C1=CC2C=CC1CC2.F[B-](F)(F)F.[Rh]. The maximum atomic E-state index is 9.75. The summed E-state index contributed by atoms with van der Waals surface area (Å²) in [5, 5.41) is 0. The maximum Gasteiger partial charge on any atom is 0.673 e. The minimum atomic E-state index is -6.00. The molecule has 0 atom stereocenters. The van der Waals surface area contributed by atoms with Crippen molar-refractivity contribution in [1.29, 1.82) is 0 Å². The van der Waals surface area contributed by atoms with Gasteiger partial charge >= 0.3 is 7.25 Å². The predicted molar refractivity (Wildman–Crippen MR) is 79.2 cm³/mol. The largest absolute Gasteiger partial charge is 0.673 e. The summed E-state index contributed by atoms with van der Waals surface area (Å²) in [6.07, 6.45) is 24.2. The van der Waals surface area contributed by atoms with E-state index in [9.17, 15) is 17.3 Å². The average molecular weight is 402 g/mol. The second kappa shape index (κ2) is 8.86. The van der Waals surface area contributed by atoms with Gasteiger partial charge in [0.15, 0.2) is 0 Å². The van der Waals surface area contributed by atoms with E-state index in [-0.39, 0.29) is 19.5 Å². The van der Waals surface area contributed by atoms with Crippen molar-refractivity contribution in [2.45, 2.75) is 25.7 Å². The number of halogens is 4. The molecule has 0 aliphatic heterocycles. The quantitative estimate of drug-likeness (QED) is 0.282. The molecule has 1 radical (unpaired) electrons. The maximum absolute atomic E-state index is 9.75. The molecule has 0 saturated heterocycles. The van der Waals surface area contributed by atoms with Crippen molar-refractivity contribution in [2.24, 2.45) is 23.7 Å². The van der Waals surface area contributed by atoms with Crippen molar-refractivity contribution in [1.82, 2.24) is 0 Å². The van der Waals surface area contributed by atoms with Gasteiger partial charge in [-0.3, -0.25) is 0 Å². The first-order valence-electron chi connectivity index (χ1n) is 7.51. The van der Waals surface area contributed by atoms with Crippen molar-refractivity contribution in [2.75, 3.05) is 0 Å². The Balaban J connectivity index is 0.000000167. The fourth-order valence-electron chi connectivity index (χ4n) is 2.94. The van der Waals surface area contributed by atoms with E-state index in [1.54, 1.807) is 0 Å². The van der Waals surface area contributed by atoms with E-state index in [1.807, 2.05) is 0 Å². The number of fused-ring (bicyclic) bond motifs is 2. The molecule has 4 bridgehead atoms. The fourth-order valence-corrected chi connectivity index (χ4v) is 2.94. The summed E-state index contributed by atoms with van der Waals surface area (Å²) < 4.78 is 39.0. The van der Waals surface area contributed by atoms with Crippen LogP contribution in [0.3, 0.4) is 0 Å². The van der Waals surface area contributed by atoms with Crippen molar-refractivity contribution in [3.8, 4) is 0 Å². The van der Waals surface area contributed by atoms with Crippen molar-refractivity contribution in [3.05, 3.63) is 48.6 Å². The molecule has 0 fully saturated rings. The number of hydrogen-bond donors (Lipinski definition) is 0. The first kappa shape index (κ1) is 19.4. The number of hydrogen-bond acceptors (Lipinski definition) is 0. The Morgan fingerprint density at radius 3 is 0.682 bits per heavy atom. The van der Waals surface area contributed by atoms with Gasteiger partial charge in [-0.05, 0) is 49.4 Å². The Bertz CT molecular complexity index is 352. The molecule has 6 aliphatic carbocycles. The third-order valence-corrected chi connectivity index (χ3v) is 4.09. The first-order valence-corrected chi connectivity index (χ1v) is 7.51. The van der Waals surface area contributed by atoms with Gasteiger partial charge in [0.2, 0.25) is 0 Å². The van der Waals surface area contributed by atoms with Crippen LogP contribution in [0.1, 0.15) is 25.7 Å². The monoisotopic (exact) mass is 402 g/mol. The van der Waals surface area contributed by atoms with Gasteiger partial charge in [-0.2, -0.15) is 0 Å². The van der Waals surface area contributed by atoms with Crippen LogP contribution in [-0.2, 0) is 19.5 Å². The van der Waals surface area contributed by atoms with E-state index in [0.29, 0.717) is 0 Å². The Morgan fingerprint density at radius 1 is 0.500 bits per heavy atom. The van der Waals surface area contributed by atoms with Gasteiger partial charge in [0.05, 0.1) is 0 Å². The van der Waals surface area contributed by atoms with Crippen LogP contribution in [0, 0.1) is 23.7 Å². The molecule has 0 heterocycles. The standard InChI is InChI=1S/2C8H10.BF4.Rh/c2*1-2-8-5-3-7(1)4-6-8;2-1(3,4)5;/h2*1-3,5,7-8H,4,6H2;;/q;;-1;. The predicted octanol–water partition coefficient (Wildman–Crippen LogP) is 5.57. The number of allylic oxidation sites excluding steroid dienone is 8. The second-order valence-electron chi connectivity index (χ2n) is 5.84. The van der Waals surface area contributed by atoms with Crippen LogP contribution in [0.25, 0.3) is 0 Å². The summed E-state index contributed by atoms with van der Waals surface area (Å²) in [5.41, 5.74) is 0. The van der Waals surface area contributed by atoms with Gasteiger partial charge in [-0.1, -0.05) is 48.6 Å². The van der Waals surface area contributed by atoms with Crippen LogP contribution < -0.4 is 0 Å². The summed E-state index contributed by atoms with van der Waals surface area (Å²) in [5.74, 6) is 3.17. The number of rotatable bonds is 0. The van der Waals surface area contributed by atoms with Gasteiger partial charge in [0, 0.05) is 19.5 Å². The second-order valence-corrected chi connectivity index (χ2v) is 5.84. The molecule has 6 aliphatic rings. The van der Waals surface area contributed by atoms with Gasteiger partial charge in [-0.15, -0.1) is 0 Å². The summed E-state index contributed by atoms with van der Waals surface area (Å²) in [7, 11) is -6.00. The van der Waals surface area contributed by atoms with E-state index < -0.39 is 7.25 Å². The topological polar surface area (TPSA) is 0 Å². The molecule has 0 aromatic carbocycles. The van der Waals surface area contributed by atoms with Gasteiger partial charge in [0.1, 0.15) is 0 Å². The van der Waals surface area contributed by atoms with Crippen LogP contribution in [-0.4, -0.2) is 7.25 Å². The molecule has 6 rings (SSSR count).